The molecule has 0 aliphatic carbocycles. The molecule has 0 radical (unpaired) electrons. The van der Waals surface area contributed by atoms with E-state index in [0.29, 0.717) is 17.4 Å². The van der Waals surface area contributed by atoms with Crippen LogP contribution in [0.25, 0.3) is 0 Å². The molecule has 2 N–H and O–H groups in total. The normalized spacial score (nSPS) is 14.4. The number of aliphatic hydroxyl groups is 1. The van der Waals surface area contributed by atoms with E-state index in [1.807, 2.05) is 27.2 Å². The van der Waals surface area contributed by atoms with Crippen LogP contribution in [-0.4, -0.2) is 68.5 Å². The lowest BCUT2D eigenvalue weighted by Crippen LogP contribution is -2.45. The fourth-order valence-electron chi connectivity index (χ4n) is 8.53. The number of hydrogen-bond acceptors (Lipinski definition) is 6. The number of likely N-dealkylation sites (N-methyl/N-ethyl adjacent to an activating group) is 1. The lowest BCUT2D eigenvalue weighted by atomic mass is 10.0. The van der Waals surface area contributed by atoms with E-state index in [2.05, 4.69) is 79.9 Å². The van der Waals surface area contributed by atoms with E-state index >= 15 is 0 Å². The molecule has 8 nitrogen and oxygen atoms in total. The zero-order valence-electron chi connectivity index (χ0n) is 47.2. The van der Waals surface area contributed by atoms with Gasteiger partial charge in [0, 0.05) is 6.42 Å². The Morgan fingerprint density at radius 3 is 1.25 bits per heavy atom. The van der Waals surface area contributed by atoms with Gasteiger partial charge < -0.3 is 28.8 Å². The maximum atomic E-state index is 13.0. The molecule has 0 fully saturated rings. The Labute approximate surface area is 440 Å². The summed E-state index contributed by atoms with van der Waals surface area (Å²) in [6, 6.07) is -0.898. The Morgan fingerprint density at radius 1 is 0.507 bits per heavy atom. The van der Waals surface area contributed by atoms with Gasteiger partial charge in [-0.2, -0.15) is 0 Å². The first kappa shape index (κ1) is 68.9. The van der Waals surface area contributed by atoms with Crippen molar-refractivity contribution in [2.45, 2.75) is 276 Å². The summed E-state index contributed by atoms with van der Waals surface area (Å²) in [6.45, 7) is 4.55. The molecule has 3 unspecified atom stereocenters. The predicted molar refractivity (Wildman–Crippen MR) is 307 cm³/mol. The summed E-state index contributed by atoms with van der Waals surface area (Å²) in [7, 11) is 1.25. The molecule has 0 aliphatic heterocycles. The van der Waals surface area contributed by atoms with E-state index in [0.717, 1.165) is 83.5 Å². The summed E-state index contributed by atoms with van der Waals surface area (Å²) in [5.41, 5.74) is 0. The highest BCUT2D eigenvalue weighted by Crippen LogP contribution is 2.38. The van der Waals surface area contributed by atoms with Crippen LogP contribution >= 0.6 is 7.82 Å². The van der Waals surface area contributed by atoms with E-state index in [1.165, 1.54) is 161 Å². The first-order chi connectivity index (χ1) is 34.5. The van der Waals surface area contributed by atoms with Gasteiger partial charge >= 0.3 is 0 Å². The highest BCUT2D eigenvalue weighted by molar-refractivity contribution is 7.45. The first-order valence-corrected chi connectivity index (χ1v) is 31.3. The van der Waals surface area contributed by atoms with Gasteiger partial charge in [0.2, 0.25) is 5.91 Å². The number of carbonyl (C=O) groups is 1. The molecule has 0 heterocycles. The third kappa shape index (κ3) is 55.5. The fraction of sp³-hybridized carbons (Fsp3) is 0.790. The number of unbranched alkanes of at least 4 members (excludes halogenated alkanes) is 31. The number of phosphoric acid groups is 1. The SMILES string of the molecule is CC/C=C\C/C=C\C/C=C\C/C=C\C/C=C\CCCCCCCCCC(=O)NC(COP(=O)([O-])OCC[N+](C)(C)C)C(O)/C=C/CCCCCCCCCCCCCCCCCCCCCCCCCC. The van der Waals surface area contributed by atoms with Gasteiger partial charge in [-0.1, -0.05) is 267 Å². The third-order valence-electron chi connectivity index (χ3n) is 13.2. The van der Waals surface area contributed by atoms with Crippen molar-refractivity contribution < 1.29 is 32.9 Å². The number of carbonyl (C=O) groups excluding carboxylic acids is 1. The van der Waals surface area contributed by atoms with Crippen molar-refractivity contribution >= 4 is 13.7 Å². The summed E-state index contributed by atoms with van der Waals surface area (Å²) >= 11 is 0. The molecule has 414 valence electrons. The van der Waals surface area contributed by atoms with Crippen LogP contribution in [0.4, 0.5) is 0 Å². The first-order valence-electron chi connectivity index (χ1n) is 29.8. The second-order valence-electron chi connectivity index (χ2n) is 21.3. The average molecular weight is 1020 g/mol. The van der Waals surface area contributed by atoms with E-state index in [4.69, 9.17) is 9.05 Å². The summed E-state index contributed by atoms with van der Waals surface area (Å²) in [6.07, 6.45) is 72.6. The number of nitrogens with zero attached hydrogens (tertiary/aromatic N) is 1. The molecular weight excluding hydrogens is 900 g/mol. The number of nitrogens with one attached hydrogen (secondary N) is 1. The molecule has 3 atom stereocenters. The maximum absolute atomic E-state index is 13.0. The molecule has 0 aliphatic rings. The minimum Gasteiger partial charge on any atom is -0.756 e. The number of quaternary nitrogens is 1. The molecule has 0 bridgehead atoms. The standard InChI is InChI=1S/C62H115N2O6P/c1-6-8-10-12-14-16-18-20-22-24-26-28-30-31-32-34-35-37-39-41-43-45-47-49-51-53-55-61(65)60(59-70-71(67,68)69-58-57-64(3,4)5)63-62(66)56-54-52-50-48-46-44-42-40-38-36-33-29-27-25-23-21-19-17-15-13-11-9-7-2/h9,11,15,17,21,23,27,29,36,38,53,55,60-61,65H,6-8,10,12-14,16,18-20,22,24-26,28,30-35,37,39-52,54,56-59H2,1-5H3,(H-,63,66,67,68)/b11-9-,17-15-,23-21-,29-27-,38-36-,55-53+. The zero-order valence-corrected chi connectivity index (χ0v) is 48.1. The number of phosphoric ester groups is 1. The smallest absolute Gasteiger partial charge is 0.268 e. The second kappa shape index (κ2) is 52.8. The van der Waals surface area contributed by atoms with Crippen LogP contribution < -0.4 is 10.2 Å². The number of allylic oxidation sites excluding steroid dienone is 11. The van der Waals surface area contributed by atoms with Crippen LogP contribution in [-0.2, 0) is 18.4 Å². The Kier molecular flexibility index (Phi) is 51.3. The van der Waals surface area contributed by atoms with Gasteiger partial charge in [0.15, 0.2) is 0 Å². The Hall–Kier alpha value is -2.06. The Bertz CT molecular complexity index is 1380. The highest BCUT2D eigenvalue weighted by atomic mass is 31.2. The largest absolute Gasteiger partial charge is 0.756 e. The number of aliphatic hydroxyl groups excluding tert-OH is 1. The molecule has 0 spiro atoms. The van der Waals surface area contributed by atoms with E-state index in [9.17, 15) is 19.4 Å². The van der Waals surface area contributed by atoms with Gasteiger partial charge in [-0.25, -0.2) is 0 Å². The lowest BCUT2D eigenvalue weighted by molar-refractivity contribution is -0.870. The van der Waals surface area contributed by atoms with Crippen LogP contribution in [0, 0.1) is 0 Å². The van der Waals surface area contributed by atoms with Gasteiger partial charge in [-0.3, -0.25) is 9.36 Å². The minimum absolute atomic E-state index is 0.00630. The predicted octanol–water partition coefficient (Wildman–Crippen LogP) is 17.6. The zero-order chi connectivity index (χ0) is 52.0. The number of rotatable bonds is 54. The van der Waals surface area contributed by atoms with Crippen molar-refractivity contribution in [3.05, 3.63) is 72.9 Å². The molecular formula is C62H115N2O6P. The molecule has 9 heteroatoms. The third-order valence-corrected chi connectivity index (χ3v) is 14.1. The van der Waals surface area contributed by atoms with Crippen molar-refractivity contribution in [1.29, 1.82) is 0 Å². The van der Waals surface area contributed by atoms with E-state index in [1.54, 1.807) is 6.08 Å². The van der Waals surface area contributed by atoms with Crippen LogP contribution in [0.15, 0.2) is 72.9 Å². The topological polar surface area (TPSA) is 108 Å². The minimum atomic E-state index is -4.61. The van der Waals surface area contributed by atoms with Crippen LogP contribution in [0.1, 0.15) is 264 Å². The van der Waals surface area contributed by atoms with Crippen molar-refractivity contribution in [2.75, 3.05) is 40.9 Å². The average Bonchev–Trinajstić information content (AvgIpc) is 3.33. The molecule has 1 amide bonds. The van der Waals surface area contributed by atoms with Crippen LogP contribution in [0.5, 0.6) is 0 Å². The molecule has 0 saturated heterocycles. The van der Waals surface area contributed by atoms with Gasteiger partial charge in [-0.05, 0) is 64.2 Å². The number of amides is 1. The molecule has 0 rings (SSSR count). The Morgan fingerprint density at radius 2 is 0.859 bits per heavy atom. The van der Waals surface area contributed by atoms with Crippen molar-refractivity contribution in [1.82, 2.24) is 5.32 Å². The van der Waals surface area contributed by atoms with Gasteiger partial charge in [-0.15, -0.1) is 0 Å². The summed E-state index contributed by atoms with van der Waals surface area (Å²) in [5, 5.41) is 13.9. The van der Waals surface area contributed by atoms with Crippen LogP contribution in [0.3, 0.4) is 0 Å². The van der Waals surface area contributed by atoms with Gasteiger partial charge in [0.05, 0.1) is 39.9 Å². The second-order valence-corrected chi connectivity index (χ2v) is 22.7. The summed E-state index contributed by atoms with van der Waals surface area (Å²) < 4.78 is 23.4. The van der Waals surface area contributed by atoms with Crippen molar-refractivity contribution in [3.63, 3.8) is 0 Å². The Balaban J connectivity index is 4.23. The fourth-order valence-corrected chi connectivity index (χ4v) is 9.26. The number of hydrogen-bond donors (Lipinski definition) is 2. The van der Waals surface area contributed by atoms with Crippen molar-refractivity contribution in [2.24, 2.45) is 0 Å². The van der Waals surface area contributed by atoms with Crippen LogP contribution in [0.2, 0.25) is 0 Å². The van der Waals surface area contributed by atoms with Crippen molar-refractivity contribution in [3.8, 4) is 0 Å². The summed E-state index contributed by atoms with van der Waals surface area (Å²) in [4.78, 5) is 25.5. The monoisotopic (exact) mass is 1010 g/mol. The molecule has 0 aromatic rings. The van der Waals surface area contributed by atoms with Gasteiger partial charge in [0.25, 0.3) is 7.82 Å². The molecule has 0 aromatic carbocycles. The summed E-state index contributed by atoms with van der Waals surface area (Å²) in [5.74, 6) is -0.209. The quantitative estimate of drug-likeness (QED) is 0.0272. The molecule has 71 heavy (non-hydrogen) atoms. The van der Waals surface area contributed by atoms with Gasteiger partial charge in [0.1, 0.15) is 13.2 Å². The molecule has 0 saturated carbocycles. The lowest BCUT2D eigenvalue weighted by Gasteiger charge is -2.29. The molecule has 0 aromatic heterocycles. The highest BCUT2D eigenvalue weighted by Gasteiger charge is 2.23. The maximum Gasteiger partial charge on any atom is 0.268 e. The van der Waals surface area contributed by atoms with E-state index in [-0.39, 0.29) is 19.1 Å². The van der Waals surface area contributed by atoms with E-state index < -0.39 is 20.0 Å².